The number of carbonyl (C=O) groups excluding carboxylic acids is 1. The summed E-state index contributed by atoms with van der Waals surface area (Å²) in [6.45, 7) is 1.34. The second-order valence-corrected chi connectivity index (χ2v) is 7.80. The van der Waals surface area contributed by atoms with Crippen molar-refractivity contribution in [3.05, 3.63) is 104 Å². The van der Waals surface area contributed by atoms with Crippen LogP contribution in [0.5, 0.6) is 0 Å². The number of hydrogen-bond acceptors (Lipinski definition) is 6. The fourth-order valence-corrected chi connectivity index (χ4v) is 3.30. The number of benzene rings is 2. The molecule has 0 aliphatic carbocycles. The summed E-state index contributed by atoms with van der Waals surface area (Å²) in [5.41, 5.74) is 5.12. The van der Waals surface area contributed by atoms with Gasteiger partial charge < -0.3 is 5.73 Å². The molecule has 0 saturated carbocycles. The minimum atomic E-state index is -0.441. The number of amidine groups is 1. The van der Waals surface area contributed by atoms with Gasteiger partial charge in [-0.05, 0) is 12.1 Å². The van der Waals surface area contributed by atoms with Crippen LogP contribution in [-0.4, -0.2) is 40.3 Å². The Morgan fingerprint density at radius 1 is 0.833 bits per heavy atom. The highest BCUT2D eigenvalue weighted by Crippen LogP contribution is 2.08. The van der Waals surface area contributed by atoms with Crippen LogP contribution < -0.4 is 17.1 Å². The van der Waals surface area contributed by atoms with Crippen molar-refractivity contribution in [1.82, 2.24) is 28.7 Å². The standard InChI is InChI=1S/C12H12FN3O2.C11H12FN5O/c1-8(17)11-14-16(12(18)15(11)2)7-9-5-3-4-6-10(9)13;1-16-10(9(13)14)15-17(11(16)18)6-7-4-2-3-5-8(7)12/h3-6H,7H2,1-2H3;2-5H,6H2,1H3,(H3,13,14). The van der Waals surface area contributed by atoms with Crippen molar-refractivity contribution in [2.24, 2.45) is 19.8 Å². The van der Waals surface area contributed by atoms with Gasteiger partial charge in [0.15, 0.2) is 23.3 Å². The monoisotopic (exact) mass is 498 g/mol. The fourth-order valence-electron chi connectivity index (χ4n) is 3.30. The number of rotatable bonds is 6. The maximum absolute atomic E-state index is 13.5. The van der Waals surface area contributed by atoms with Gasteiger partial charge in [0.2, 0.25) is 0 Å². The molecule has 0 radical (unpaired) electrons. The first-order valence-corrected chi connectivity index (χ1v) is 10.6. The third-order valence-electron chi connectivity index (χ3n) is 5.19. The SMILES string of the molecule is CC(=O)c1nn(Cc2ccccc2F)c(=O)n1C.Cn1c(C(=N)N)nn(Cc2ccccc2F)c1=O. The smallest absolute Gasteiger partial charge is 0.346 e. The molecule has 13 heteroatoms. The Balaban J connectivity index is 0.000000201. The number of nitrogen functional groups attached to an aromatic ring is 1. The Morgan fingerprint density at radius 2 is 1.22 bits per heavy atom. The summed E-state index contributed by atoms with van der Waals surface area (Å²) >= 11 is 0. The van der Waals surface area contributed by atoms with Crippen molar-refractivity contribution >= 4 is 11.6 Å². The van der Waals surface area contributed by atoms with E-state index < -0.39 is 23.0 Å². The minimum absolute atomic E-state index is 0.00657. The van der Waals surface area contributed by atoms with E-state index in [0.717, 1.165) is 18.5 Å². The van der Waals surface area contributed by atoms with Crippen LogP contribution in [0.1, 0.15) is 34.5 Å². The molecule has 2 heterocycles. The quantitative estimate of drug-likeness (QED) is 0.231. The van der Waals surface area contributed by atoms with Crippen LogP contribution in [-0.2, 0) is 27.2 Å². The molecule has 0 spiro atoms. The molecule has 0 atom stereocenters. The van der Waals surface area contributed by atoms with Gasteiger partial charge in [-0.25, -0.2) is 27.7 Å². The van der Waals surface area contributed by atoms with Crippen LogP contribution in [0.4, 0.5) is 8.78 Å². The van der Waals surface area contributed by atoms with Crippen LogP contribution in [0, 0.1) is 17.0 Å². The number of halogens is 2. The van der Waals surface area contributed by atoms with Crippen molar-refractivity contribution in [2.75, 3.05) is 0 Å². The number of hydrogen-bond donors (Lipinski definition) is 2. The highest BCUT2D eigenvalue weighted by atomic mass is 19.1. The van der Waals surface area contributed by atoms with E-state index in [1.54, 1.807) is 36.4 Å². The largest absolute Gasteiger partial charge is 0.381 e. The normalized spacial score (nSPS) is 10.6. The predicted molar refractivity (Wildman–Crippen MR) is 127 cm³/mol. The minimum Gasteiger partial charge on any atom is -0.381 e. The number of nitrogens with one attached hydrogen (secondary N) is 1. The molecule has 188 valence electrons. The molecule has 4 rings (SSSR count). The van der Waals surface area contributed by atoms with Crippen molar-refractivity contribution < 1.29 is 13.6 Å². The summed E-state index contributed by atoms with van der Waals surface area (Å²) in [4.78, 5) is 34.8. The van der Waals surface area contributed by atoms with E-state index in [1.807, 2.05) is 0 Å². The van der Waals surface area contributed by atoms with Crippen molar-refractivity contribution in [1.29, 1.82) is 5.41 Å². The van der Waals surface area contributed by atoms with Gasteiger partial charge in [0.05, 0.1) is 13.1 Å². The van der Waals surface area contributed by atoms with E-state index in [9.17, 15) is 23.2 Å². The number of nitrogens with two attached hydrogens (primary N) is 1. The van der Waals surface area contributed by atoms with E-state index in [4.69, 9.17) is 11.1 Å². The summed E-state index contributed by atoms with van der Waals surface area (Å²) < 4.78 is 31.4. The maximum Gasteiger partial charge on any atom is 0.346 e. The number of aromatic nitrogens is 6. The van der Waals surface area contributed by atoms with Gasteiger partial charge in [0.25, 0.3) is 0 Å². The summed E-state index contributed by atoms with van der Waals surface area (Å²) in [6, 6.07) is 12.3. The van der Waals surface area contributed by atoms with Crippen LogP contribution in [0.3, 0.4) is 0 Å². The topological polar surface area (TPSA) is 147 Å². The molecule has 2 aromatic carbocycles. The van der Waals surface area contributed by atoms with Crippen LogP contribution in [0.2, 0.25) is 0 Å². The van der Waals surface area contributed by atoms with Gasteiger partial charge in [-0.1, -0.05) is 36.4 Å². The zero-order valence-electron chi connectivity index (χ0n) is 19.8. The van der Waals surface area contributed by atoms with E-state index in [0.29, 0.717) is 11.1 Å². The molecular formula is C23H24F2N8O3. The lowest BCUT2D eigenvalue weighted by atomic mass is 10.2. The summed E-state index contributed by atoms with van der Waals surface area (Å²) in [5, 5.41) is 15.1. The van der Waals surface area contributed by atoms with Crippen LogP contribution >= 0.6 is 0 Å². The van der Waals surface area contributed by atoms with E-state index in [2.05, 4.69) is 10.2 Å². The summed E-state index contributed by atoms with van der Waals surface area (Å²) in [7, 11) is 2.92. The lowest BCUT2D eigenvalue weighted by molar-refractivity contribution is 0.0999. The molecule has 0 fully saturated rings. The van der Waals surface area contributed by atoms with Gasteiger partial charge in [-0.3, -0.25) is 19.3 Å². The van der Waals surface area contributed by atoms with Gasteiger partial charge in [0, 0.05) is 32.1 Å². The molecule has 11 nitrogen and oxygen atoms in total. The number of carbonyl (C=O) groups is 1. The zero-order chi connectivity index (χ0) is 26.6. The van der Waals surface area contributed by atoms with Crippen LogP contribution in [0.15, 0.2) is 58.1 Å². The number of nitrogens with zero attached hydrogens (tertiary/aromatic N) is 6. The Kier molecular flexibility index (Phi) is 7.72. The maximum atomic E-state index is 13.5. The average Bonchev–Trinajstić information content (AvgIpc) is 3.28. The van der Waals surface area contributed by atoms with E-state index >= 15 is 0 Å². The lowest BCUT2D eigenvalue weighted by Crippen LogP contribution is -2.25. The van der Waals surface area contributed by atoms with Gasteiger partial charge in [-0.2, -0.15) is 0 Å². The second kappa shape index (κ2) is 10.7. The number of Topliss-reactive ketones (excluding diaryl/α,β-unsaturated/α-hetero) is 1. The molecule has 0 aliphatic heterocycles. The van der Waals surface area contributed by atoms with Crippen LogP contribution in [0.25, 0.3) is 0 Å². The molecule has 2 aromatic heterocycles. The molecule has 3 N–H and O–H groups in total. The van der Waals surface area contributed by atoms with Crippen molar-refractivity contribution in [3.63, 3.8) is 0 Å². The van der Waals surface area contributed by atoms with Crippen molar-refractivity contribution in [3.8, 4) is 0 Å². The second-order valence-electron chi connectivity index (χ2n) is 7.80. The summed E-state index contributed by atoms with van der Waals surface area (Å²) in [5.74, 6) is -1.28. The first kappa shape index (κ1) is 25.9. The molecule has 0 unspecified atom stereocenters. The van der Waals surface area contributed by atoms with E-state index in [-0.39, 0.29) is 36.4 Å². The molecule has 0 saturated heterocycles. The van der Waals surface area contributed by atoms with Crippen molar-refractivity contribution in [2.45, 2.75) is 20.0 Å². The Morgan fingerprint density at radius 3 is 1.56 bits per heavy atom. The van der Waals surface area contributed by atoms with Gasteiger partial charge in [0.1, 0.15) is 11.6 Å². The Bertz CT molecular complexity index is 1430. The molecule has 0 bridgehead atoms. The summed E-state index contributed by atoms with van der Waals surface area (Å²) in [6.07, 6.45) is 0. The molecule has 4 aromatic rings. The average molecular weight is 498 g/mol. The number of ketones is 1. The fraction of sp³-hybridized carbons (Fsp3) is 0.217. The first-order chi connectivity index (χ1) is 17.0. The molecule has 36 heavy (non-hydrogen) atoms. The molecule has 0 aliphatic rings. The highest BCUT2D eigenvalue weighted by Gasteiger charge is 2.15. The Hall–Kier alpha value is -4.68. The third-order valence-corrected chi connectivity index (χ3v) is 5.19. The van der Waals surface area contributed by atoms with E-state index in [1.165, 1.54) is 33.2 Å². The highest BCUT2D eigenvalue weighted by molar-refractivity contribution is 5.91. The van der Waals surface area contributed by atoms with Gasteiger partial charge >= 0.3 is 11.4 Å². The molecular weight excluding hydrogens is 474 g/mol. The zero-order valence-corrected chi connectivity index (χ0v) is 19.8. The molecule has 0 amide bonds. The third kappa shape index (κ3) is 5.51. The Labute approximate surface area is 203 Å². The first-order valence-electron chi connectivity index (χ1n) is 10.6. The lowest BCUT2D eigenvalue weighted by Gasteiger charge is -2.01. The van der Waals surface area contributed by atoms with Gasteiger partial charge in [-0.15, -0.1) is 10.2 Å². The predicted octanol–water partition coefficient (Wildman–Crippen LogP) is 1.03.